The highest BCUT2D eigenvalue weighted by Gasteiger charge is 2.39. The van der Waals surface area contributed by atoms with Crippen LogP contribution in [-0.4, -0.2) is 83.9 Å². The molecule has 3 aliphatic heterocycles. The third-order valence-corrected chi connectivity index (χ3v) is 6.34. The summed E-state index contributed by atoms with van der Waals surface area (Å²) in [5.74, 6) is 0.0380. The number of amides is 3. The average molecular weight is 399 g/mol. The molecular formula is C22H29N3O4. The minimum Gasteiger partial charge on any atom is -0.370 e. The minimum absolute atomic E-state index is 0.0479. The van der Waals surface area contributed by atoms with Gasteiger partial charge in [-0.25, -0.2) is 0 Å². The number of carbonyl (C=O) groups excluding carboxylic acids is 3. The van der Waals surface area contributed by atoms with Gasteiger partial charge in [-0.15, -0.1) is 0 Å². The lowest BCUT2D eigenvalue weighted by Crippen LogP contribution is -2.55. The molecule has 0 bridgehead atoms. The number of aryl methyl sites for hydroxylation is 1. The molecule has 3 saturated heterocycles. The molecule has 1 unspecified atom stereocenters. The molecule has 3 amide bonds. The summed E-state index contributed by atoms with van der Waals surface area (Å²) in [6.07, 6.45) is 3.15. The maximum Gasteiger partial charge on any atom is 0.254 e. The number of ether oxygens (including phenoxy) is 1. The van der Waals surface area contributed by atoms with Gasteiger partial charge >= 0.3 is 0 Å². The molecule has 4 rings (SSSR count). The molecule has 1 atom stereocenters. The smallest absolute Gasteiger partial charge is 0.254 e. The van der Waals surface area contributed by atoms with Crippen LogP contribution in [0, 0.1) is 6.92 Å². The number of benzene rings is 1. The Kier molecular flexibility index (Phi) is 5.85. The van der Waals surface area contributed by atoms with Crippen LogP contribution < -0.4 is 0 Å². The van der Waals surface area contributed by atoms with Gasteiger partial charge in [-0.3, -0.25) is 14.4 Å². The van der Waals surface area contributed by atoms with Crippen molar-refractivity contribution in [1.29, 1.82) is 0 Å². The monoisotopic (exact) mass is 399 g/mol. The topological polar surface area (TPSA) is 70.2 Å². The van der Waals surface area contributed by atoms with Gasteiger partial charge in [0.25, 0.3) is 5.91 Å². The SMILES string of the molecule is Cc1ccc(C(=O)N2CCCC2C(=O)N2CCC(N3CCOCC3=O)CC2)cc1. The summed E-state index contributed by atoms with van der Waals surface area (Å²) in [6.45, 7) is 5.28. The number of morpholine rings is 1. The van der Waals surface area contributed by atoms with Crippen molar-refractivity contribution >= 4 is 17.7 Å². The highest BCUT2D eigenvalue weighted by molar-refractivity contribution is 5.98. The quantitative estimate of drug-likeness (QED) is 0.771. The fourth-order valence-corrected chi connectivity index (χ4v) is 4.65. The van der Waals surface area contributed by atoms with Gasteiger partial charge in [0.05, 0.1) is 6.61 Å². The van der Waals surface area contributed by atoms with Gasteiger partial charge in [0.1, 0.15) is 12.6 Å². The third-order valence-electron chi connectivity index (χ3n) is 6.34. The van der Waals surface area contributed by atoms with Crippen molar-refractivity contribution < 1.29 is 19.1 Å². The van der Waals surface area contributed by atoms with Crippen LogP contribution in [0.5, 0.6) is 0 Å². The summed E-state index contributed by atoms with van der Waals surface area (Å²) in [5, 5.41) is 0. The van der Waals surface area contributed by atoms with Crippen LogP contribution in [0.4, 0.5) is 0 Å². The van der Waals surface area contributed by atoms with Crippen molar-refractivity contribution in [2.24, 2.45) is 0 Å². The van der Waals surface area contributed by atoms with Crippen molar-refractivity contribution in [3.8, 4) is 0 Å². The van der Waals surface area contributed by atoms with Crippen LogP contribution in [0.15, 0.2) is 24.3 Å². The predicted molar refractivity (Wildman–Crippen MR) is 107 cm³/mol. The molecule has 0 aromatic heterocycles. The zero-order valence-electron chi connectivity index (χ0n) is 17.0. The van der Waals surface area contributed by atoms with Gasteiger partial charge in [0.15, 0.2) is 0 Å². The van der Waals surface area contributed by atoms with Crippen molar-refractivity contribution in [2.75, 3.05) is 39.4 Å². The number of hydrogen-bond acceptors (Lipinski definition) is 4. The predicted octanol–water partition coefficient (Wildman–Crippen LogP) is 1.45. The van der Waals surface area contributed by atoms with E-state index in [0.717, 1.165) is 31.2 Å². The van der Waals surface area contributed by atoms with Gasteiger partial charge in [-0.2, -0.15) is 0 Å². The Labute approximate surface area is 171 Å². The van der Waals surface area contributed by atoms with E-state index in [9.17, 15) is 14.4 Å². The molecule has 3 fully saturated rings. The van der Waals surface area contributed by atoms with E-state index in [1.54, 1.807) is 4.90 Å². The summed E-state index contributed by atoms with van der Waals surface area (Å²) in [6, 6.07) is 7.34. The highest BCUT2D eigenvalue weighted by atomic mass is 16.5. The normalized spacial score (nSPS) is 23.6. The molecule has 1 aromatic carbocycles. The lowest BCUT2D eigenvalue weighted by atomic mass is 10.0. The summed E-state index contributed by atoms with van der Waals surface area (Å²) in [4.78, 5) is 43.7. The zero-order chi connectivity index (χ0) is 20.4. The Morgan fingerprint density at radius 2 is 1.72 bits per heavy atom. The first-order valence-corrected chi connectivity index (χ1v) is 10.6. The average Bonchev–Trinajstić information content (AvgIpc) is 3.24. The highest BCUT2D eigenvalue weighted by Crippen LogP contribution is 2.25. The maximum atomic E-state index is 13.2. The summed E-state index contributed by atoms with van der Waals surface area (Å²) in [5.41, 5.74) is 1.75. The zero-order valence-corrected chi connectivity index (χ0v) is 17.0. The van der Waals surface area contributed by atoms with Gasteiger partial charge in [-0.05, 0) is 44.7 Å². The van der Waals surface area contributed by atoms with E-state index < -0.39 is 0 Å². The second kappa shape index (κ2) is 8.53. The number of hydrogen-bond donors (Lipinski definition) is 0. The molecule has 29 heavy (non-hydrogen) atoms. The van der Waals surface area contributed by atoms with Crippen LogP contribution in [0.25, 0.3) is 0 Å². The molecule has 7 heteroatoms. The molecule has 7 nitrogen and oxygen atoms in total. The van der Waals surface area contributed by atoms with Crippen molar-refractivity contribution in [3.63, 3.8) is 0 Å². The molecule has 156 valence electrons. The number of likely N-dealkylation sites (tertiary alicyclic amines) is 2. The first kappa shape index (κ1) is 19.9. The van der Waals surface area contributed by atoms with Gasteiger partial charge in [0, 0.05) is 37.8 Å². The molecule has 3 heterocycles. The summed E-state index contributed by atoms with van der Waals surface area (Å²) in [7, 11) is 0. The minimum atomic E-state index is -0.370. The standard InChI is InChI=1S/C22H29N3O4/c1-16-4-6-17(7-5-16)21(27)25-10-2-3-19(25)22(28)23-11-8-18(9-12-23)24-13-14-29-15-20(24)26/h4-7,18-19H,2-3,8-15H2,1H3. The number of rotatable bonds is 3. The molecule has 0 spiro atoms. The van der Waals surface area contributed by atoms with Crippen LogP contribution in [0.3, 0.4) is 0 Å². The van der Waals surface area contributed by atoms with Crippen LogP contribution >= 0.6 is 0 Å². The van der Waals surface area contributed by atoms with Crippen molar-refractivity contribution in [1.82, 2.24) is 14.7 Å². The van der Waals surface area contributed by atoms with E-state index in [0.29, 0.717) is 38.3 Å². The Morgan fingerprint density at radius 3 is 2.41 bits per heavy atom. The summed E-state index contributed by atoms with van der Waals surface area (Å²) < 4.78 is 5.21. The lowest BCUT2D eigenvalue weighted by molar-refractivity contribution is -0.148. The van der Waals surface area contributed by atoms with E-state index in [2.05, 4.69) is 0 Å². The van der Waals surface area contributed by atoms with E-state index in [4.69, 9.17) is 4.74 Å². The molecule has 0 saturated carbocycles. The largest absolute Gasteiger partial charge is 0.370 e. The van der Waals surface area contributed by atoms with E-state index in [-0.39, 0.29) is 36.4 Å². The molecule has 0 N–H and O–H groups in total. The van der Waals surface area contributed by atoms with Crippen LogP contribution in [0.2, 0.25) is 0 Å². The molecule has 0 radical (unpaired) electrons. The van der Waals surface area contributed by atoms with E-state index in [1.165, 1.54) is 0 Å². The Balaban J connectivity index is 1.37. The van der Waals surface area contributed by atoms with Crippen LogP contribution in [-0.2, 0) is 14.3 Å². The Morgan fingerprint density at radius 1 is 1.00 bits per heavy atom. The Hall–Kier alpha value is -2.41. The second-order valence-corrected chi connectivity index (χ2v) is 8.22. The molecule has 0 aliphatic carbocycles. The van der Waals surface area contributed by atoms with Gasteiger partial charge in [-0.1, -0.05) is 17.7 Å². The summed E-state index contributed by atoms with van der Waals surface area (Å²) >= 11 is 0. The van der Waals surface area contributed by atoms with E-state index in [1.807, 2.05) is 41.0 Å². The molecule has 3 aliphatic rings. The van der Waals surface area contributed by atoms with Crippen molar-refractivity contribution in [3.05, 3.63) is 35.4 Å². The first-order chi connectivity index (χ1) is 14.0. The lowest BCUT2D eigenvalue weighted by Gasteiger charge is -2.41. The fraction of sp³-hybridized carbons (Fsp3) is 0.591. The maximum absolute atomic E-state index is 13.2. The van der Waals surface area contributed by atoms with E-state index >= 15 is 0 Å². The van der Waals surface area contributed by atoms with Gasteiger partial charge in [0.2, 0.25) is 11.8 Å². The third kappa shape index (κ3) is 4.15. The molecular weight excluding hydrogens is 370 g/mol. The fourth-order valence-electron chi connectivity index (χ4n) is 4.65. The molecule has 1 aromatic rings. The number of carbonyl (C=O) groups is 3. The van der Waals surface area contributed by atoms with Crippen LogP contribution in [0.1, 0.15) is 41.6 Å². The number of piperidine rings is 1. The van der Waals surface area contributed by atoms with Crippen molar-refractivity contribution in [2.45, 2.75) is 44.7 Å². The second-order valence-electron chi connectivity index (χ2n) is 8.22. The first-order valence-electron chi connectivity index (χ1n) is 10.6. The number of nitrogens with zero attached hydrogens (tertiary/aromatic N) is 3. The Bertz CT molecular complexity index is 771. The van der Waals surface area contributed by atoms with Gasteiger partial charge < -0.3 is 19.4 Å².